The van der Waals surface area contributed by atoms with Crippen molar-refractivity contribution in [3.05, 3.63) is 72.3 Å². The first-order valence-electron chi connectivity index (χ1n) is 12.1. The van der Waals surface area contributed by atoms with Gasteiger partial charge in [-0.15, -0.1) is 0 Å². The molecule has 1 N–H and O–H groups in total. The summed E-state index contributed by atoms with van der Waals surface area (Å²) in [4.78, 5) is 13.0. The Morgan fingerprint density at radius 2 is 1.61 bits per heavy atom. The number of hydrogen-bond acceptors (Lipinski definition) is 7. The van der Waals surface area contributed by atoms with Crippen LogP contribution in [0.5, 0.6) is 23.0 Å². The van der Waals surface area contributed by atoms with Gasteiger partial charge in [0, 0.05) is 6.07 Å². The molecule has 0 bridgehead atoms. The minimum absolute atomic E-state index is 0.0484. The maximum atomic E-state index is 13.8. The van der Waals surface area contributed by atoms with Gasteiger partial charge < -0.3 is 24.3 Å². The molecular formula is C28H34N2O7S. The van der Waals surface area contributed by atoms with E-state index in [0.717, 1.165) is 15.6 Å². The van der Waals surface area contributed by atoms with E-state index in [1.807, 2.05) is 38.1 Å². The summed E-state index contributed by atoms with van der Waals surface area (Å²) in [5.41, 5.74) is 1.29. The van der Waals surface area contributed by atoms with Gasteiger partial charge in [0.25, 0.3) is 10.0 Å². The number of carbonyl (C=O) groups is 1. The van der Waals surface area contributed by atoms with Crippen LogP contribution in [-0.2, 0) is 14.8 Å². The summed E-state index contributed by atoms with van der Waals surface area (Å²) in [7, 11) is -1.28. The van der Waals surface area contributed by atoms with Crippen LogP contribution in [0, 0.1) is 6.92 Å². The number of hydrogen-bond donors (Lipinski definition) is 1. The van der Waals surface area contributed by atoms with Gasteiger partial charge in [-0.25, -0.2) is 8.42 Å². The van der Waals surface area contributed by atoms with Gasteiger partial charge >= 0.3 is 0 Å². The number of sulfonamides is 1. The number of para-hydroxylation sites is 1. The van der Waals surface area contributed by atoms with Crippen molar-refractivity contribution in [3.63, 3.8) is 0 Å². The maximum absolute atomic E-state index is 13.8. The fourth-order valence-electron chi connectivity index (χ4n) is 3.72. The number of carbonyl (C=O) groups excluding carboxylic acids is 1. The van der Waals surface area contributed by atoms with Crippen LogP contribution in [0.15, 0.2) is 71.6 Å². The number of nitrogens with zero attached hydrogens (tertiary/aromatic N) is 1. The molecule has 0 aliphatic heterocycles. The third-order valence-corrected chi connectivity index (χ3v) is 7.43. The molecular weight excluding hydrogens is 508 g/mol. The Hall–Kier alpha value is -3.92. The van der Waals surface area contributed by atoms with E-state index in [4.69, 9.17) is 18.9 Å². The number of benzene rings is 3. The Balaban J connectivity index is 1.84. The number of rotatable bonds is 13. The fraction of sp³-hybridized carbons (Fsp3) is 0.321. The van der Waals surface area contributed by atoms with Crippen molar-refractivity contribution in [2.75, 3.05) is 38.3 Å². The summed E-state index contributed by atoms with van der Waals surface area (Å²) in [6, 6.07) is 18.0. The van der Waals surface area contributed by atoms with Gasteiger partial charge in [-0.05, 0) is 68.8 Å². The lowest BCUT2D eigenvalue weighted by Crippen LogP contribution is -2.45. The predicted octanol–water partition coefficient (Wildman–Crippen LogP) is 4.19. The number of nitrogens with one attached hydrogen (secondary N) is 1. The highest BCUT2D eigenvalue weighted by Crippen LogP contribution is 2.32. The van der Waals surface area contributed by atoms with Crippen molar-refractivity contribution in [1.82, 2.24) is 5.32 Å². The first-order valence-corrected chi connectivity index (χ1v) is 13.6. The summed E-state index contributed by atoms with van der Waals surface area (Å²) >= 11 is 0. The molecule has 1 atom stereocenters. The smallest absolute Gasteiger partial charge is 0.264 e. The Kier molecular flexibility index (Phi) is 9.84. The monoisotopic (exact) mass is 542 g/mol. The quantitative estimate of drug-likeness (QED) is 0.345. The topological polar surface area (TPSA) is 103 Å². The molecule has 0 fully saturated rings. The average molecular weight is 543 g/mol. The zero-order valence-electron chi connectivity index (χ0n) is 22.3. The highest BCUT2D eigenvalue weighted by Gasteiger charge is 2.29. The third kappa shape index (κ3) is 7.10. The lowest BCUT2D eigenvalue weighted by molar-refractivity contribution is -0.120. The lowest BCUT2D eigenvalue weighted by Gasteiger charge is -2.25. The summed E-state index contributed by atoms with van der Waals surface area (Å²) in [6.07, 6.45) is 0. The van der Waals surface area contributed by atoms with Crippen molar-refractivity contribution in [1.29, 1.82) is 0 Å². The molecule has 0 aliphatic carbocycles. The van der Waals surface area contributed by atoms with E-state index in [9.17, 15) is 13.2 Å². The second-order valence-corrected chi connectivity index (χ2v) is 10.4. The van der Waals surface area contributed by atoms with Gasteiger partial charge in [0.15, 0.2) is 11.5 Å². The lowest BCUT2D eigenvalue weighted by atomic mass is 10.2. The summed E-state index contributed by atoms with van der Waals surface area (Å²) in [5, 5.41) is 2.83. The van der Waals surface area contributed by atoms with Crippen molar-refractivity contribution in [2.45, 2.75) is 31.7 Å². The minimum atomic E-state index is -4.16. The molecule has 0 heterocycles. The van der Waals surface area contributed by atoms with Crippen molar-refractivity contribution < 1.29 is 32.2 Å². The highest BCUT2D eigenvalue weighted by atomic mass is 32.2. The van der Waals surface area contributed by atoms with Crippen LogP contribution in [0.1, 0.15) is 19.4 Å². The van der Waals surface area contributed by atoms with Crippen LogP contribution in [0.4, 0.5) is 5.69 Å². The van der Waals surface area contributed by atoms with Gasteiger partial charge in [0.2, 0.25) is 5.91 Å². The van der Waals surface area contributed by atoms with Crippen LogP contribution in [0.2, 0.25) is 0 Å². The number of anilines is 1. The first-order chi connectivity index (χ1) is 18.2. The average Bonchev–Trinajstić information content (AvgIpc) is 2.91. The van der Waals surface area contributed by atoms with E-state index in [2.05, 4.69) is 5.32 Å². The molecule has 0 saturated heterocycles. The molecule has 3 aromatic carbocycles. The van der Waals surface area contributed by atoms with Crippen molar-refractivity contribution >= 4 is 21.6 Å². The Labute approximate surface area is 224 Å². The molecule has 1 amide bonds. The number of aryl methyl sites for hydroxylation is 1. The number of ether oxygens (including phenoxy) is 4. The van der Waals surface area contributed by atoms with Gasteiger partial charge in [-0.3, -0.25) is 9.10 Å². The molecule has 0 radical (unpaired) electrons. The Morgan fingerprint density at radius 1 is 0.921 bits per heavy atom. The van der Waals surface area contributed by atoms with Crippen LogP contribution in [0.25, 0.3) is 0 Å². The molecule has 0 aromatic heterocycles. The molecule has 0 spiro atoms. The summed E-state index contributed by atoms with van der Waals surface area (Å²) in [6.45, 7) is 5.84. The molecule has 10 heteroatoms. The maximum Gasteiger partial charge on any atom is 0.264 e. The van der Waals surface area contributed by atoms with Gasteiger partial charge in [-0.1, -0.05) is 18.2 Å². The molecule has 0 aliphatic rings. The SMILES string of the molecule is CCOc1ccc(N(CC(=O)NC(C)COc2ccccc2C)S(=O)(=O)c2ccc(OC)c(OC)c2)cc1. The standard InChI is InChI=1S/C28H34N2O7S/c1-6-36-23-13-11-22(12-14-23)30(38(32,33)24-15-16-26(34-4)27(17-24)35-5)18-28(31)29-21(3)19-37-25-10-8-7-9-20(25)2/h7-17,21H,6,18-19H2,1-5H3,(H,29,31). The zero-order valence-corrected chi connectivity index (χ0v) is 23.1. The van der Waals surface area contributed by atoms with E-state index in [-0.39, 0.29) is 23.3 Å². The molecule has 3 rings (SSSR count). The second kappa shape index (κ2) is 13.0. The second-order valence-electron chi connectivity index (χ2n) is 8.50. The Bertz CT molecular complexity index is 1330. The molecule has 9 nitrogen and oxygen atoms in total. The molecule has 38 heavy (non-hydrogen) atoms. The van der Waals surface area contributed by atoms with E-state index in [1.54, 1.807) is 31.2 Å². The molecule has 1 unspecified atom stereocenters. The van der Waals surface area contributed by atoms with Crippen LogP contribution >= 0.6 is 0 Å². The van der Waals surface area contributed by atoms with Crippen LogP contribution in [-0.4, -0.2) is 54.3 Å². The predicted molar refractivity (Wildman–Crippen MR) is 146 cm³/mol. The first kappa shape index (κ1) is 28.6. The van der Waals surface area contributed by atoms with Gasteiger partial charge in [0.1, 0.15) is 24.7 Å². The van der Waals surface area contributed by atoms with E-state index >= 15 is 0 Å². The third-order valence-electron chi connectivity index (χ3n) is 5.66. The van der Waals surface area contributed by atoms with Crippen molar-refractivity contribution in [2.24, 2.45) is 0 Å². The van der Waals surface area contributed by atoms with Crippen LogP contribution in [0.3, 0.4) is 0 Å². The van der Waals surface area contributed by atoms with E-state index in [0.29, 0.717) is 23.8 Å². The molecule has 0 saturated carbocycles. The fourth-order valence-corrected chi connectivity index (χ4v) is 5.16. The summed E-state index contributed by atoms with van der Waals surface area (Å²) < 4.78 is 50.4. The largest absolute Gasteiger partial charge is 0.494 e. The summed E-state index contributed by atoms with van der Waals surface area (Å²) in [5.74, 6) is 1.47. The van der Waals surface area contributed by atoms with Gasteiger partial charge in [-0.2, -0.15) is 0 Å². The number of methoxy groups -OCH3 is 2. The molecule has 3 aromatic rings. The van der Waals surface area contributed by atoms with E-state index < -0.39 is 22.5 Å². The minimum Gasteiger partial charge on any atom is -0.494 e. The van der Waals surface area contributed by atoms with Gasteiger partial charge in [0.05, 0.1) is 37.5 Å². The molecule has 204 valence electrons. The van der Waals surface area contributed by atoms with Crippen molar-refractivity contribution in [3.8, 4) is 23.0 Å². The number of amides is 1. The Morgan fingerprint density at radius 3 is 2.24 bits per heavy atom. The zero-order chi connectivity index (χ0) is 27.7. The van der Waals surface area contributed by atoms with Crippen LogP contribution < -0.4 is 28.6 Å². The van der Waals surface area contributed by atoms with E-state index in [1.165, 1.54) is 32.4 Å². The highest BCUT2D eigenvalue weighted by molar-refractivity contribution is 7.92. The normalized spacial score (nSPS) is 11.8.